The maximum Gasteiger partial charge on any atom is 0.165 e. The van der Waals surface area contributed by atoms with E-state index in [1.54, 1.807) is 12.1 Å². The number of rotatable bonds is 8. The first-order valence-corrected chi connectivity index (χ1v) is 10.5. The van der Waals surface area contributed by atoms with Crippen LogP contribution in [0, 0.1) is 5.82 Å². The van der Waals surface area contributed by atoms with Crippen LogP contribution in [0.5, 0.6) is 5.75 Å². The number of halogens is 1. The van der Waals surface area contributed by atoms with Crippen molar-refractivity contribution in [3.05, 3.63) is 29.6 Å². The minimum Gasteiger partial charge on any atom is -0.487 e. The smallest absolute Gasteiger partial charge is 0.165 e. The number of unbranched alkanes of at least 4 members (excludes halogenated alkanes) is 1. The molecule has 4 nitrogen and oxygen atoms in total. The van der Waals surface area contributed by atoms with Crippen LogP contribution in [0.1, 0.15) is 51.0 Å². The molecule has 136 valence electrons. The lowest BCUT2D eigenvalue weighted by molar-refractivity contribution is 0.0240. The van der Waals surface area contributed by atoms with E-state index in [4.69, 9.17) is 9.47 Å². The Morgan fingerprint density at radius 2 is 2.04 bits per heavy atom. The highest BCUT2D eigenvalue weighted by atomic mass is 32.2. The molecule has 0 aromatic heterocycles. The van der Waals surface area contributed by atoms with Gasteiger partial charge in [-0.25, -0.2) is 12.8 Å². The zero-order valence-electron chi connectivity index (χ0n) is 14.5. The predicted octanol–water partition coefficient (Wildman–Crippen LogP) is 3.70. The molecule has 24 heavy (non-hydrogen) atoms. The molecule has 0 amide bonds. The van der Waals surface area contributed by atoms with Crippen molar-refractivity contribution in [2.75, 3.05) is 24.7 Å². The van der Waals surface area contributed by atoms with Gasteiger partial charge < -0.3 is 9.47 Å². The Morgan fingerprint density at radius 3 is 2.71 bits per heavy atom. The van der Waals surface area contributed by atoms with E-state index in [0.29, 0.717) is 19.6 Å². The van der Waals surface area contributed by atoms with Crippen LogP contribution in [-0.4, -0.2) is 39.2 Å². The average molecular weight is 358 g/mol. The molecule has 1 aromatic rings. The van der Waals surface area contributed by atoms with Crippen molar-refractivity contribution in [2.45, 2.75) is 51.6 Å². The Hall–Kier alpha value is -1.14. The zero-order valence-corrected chi connectivity index (χ0v) is 15.3. The number of benzene rings is 1. The van der Waals surface area contributed by atoms with Crippen molar-refractivity contribution < 1.29 is 22.3 Å². The van der Waals surface area contributed by atoms with E-state index in [1.807, 2.05) is 13.8 Å². The topological polar surface area (TPSA) is 52.6 Å². The van der Waals surface area contributed by atoms with Gasteiger partial charge in [-0.1, -0.05) is 26.3 Å². The van der Waals surface area contributed by atoms with Crippen molar-refractivity contribution in [1.82, 2.24) is 0 Å². The largest absolute Gasteiger partial charge is 0.487 e. The van der Waals surface area contributed by atoms with E-state index in [1.165, 1.54) is 6.07 Å². The summed E-state index contributed by atoms with van der Waals surface area (Å²) in [4.78, 5) is 0. The van der Waals surface area contributed by atoms with Gasteiger partial charge in [-0.3, -0.25) is 0 Å². The van der Waals surface area contributed by atoms with Crippen molar-refractivity contribution in [3.63, 3.8) is 0 Å². The van der Waals surface area contributed by atoms with Crippen LogP contribution >= 0.6 is 0 Å². The van der Waals surface area contributed by atoms with Gasteiger partial charge in [-0.2, -0.15) is 0 Å². The van der Waals surface area contributed by atoms with Gasteiger partial charge >= 0.3 is 0 Å². The first-order valence-electron chi connectivity index (χ1n) is 8.65. The second-order valence-electron chi connectivity index (χ2n) is 6.49. The van der Waals surface area contributed by atoms with Gasteiger partial charge in [0.1, 0.15) is 6.10 Å². The molecular formula is C18H27FO4S. The number of hydrogen-bond acceptors (Lipinski definition) is 4. The van der Waals surface area contributed by atoms with Crippen LogP contribution in [-0.2, 0) is 14.6 Å². The Bertz CT molecular complexity index is 624. The fourth-order valence-electron chi connectivity index (χ4n) is 2.81. The standard InChI is InChI=1S/C18H27FO4S/c1-3-4-11-24(20,21)13-14(2)15-5-6-17(19)18(12-15)23-16-7-9-22-10-8-16/h5-6,12,14,16H,3-4,7-11,13H2,1-2H3/t14-/m0/s1. The molecule has 0 spiro atoms. The highest BCUT2D eigenvalue weighted by Gasteiger charge is 2.20. The lowest BCUT2D eigenvalue weighted by atomic mass is 10.0. The van der Waals surface area contributed by atoms with Gasteiger partial charge in [0, 0.05) is 12.8 Å². The number of hydrogen-bond donors (Lipinski definition) is 0. The summed E-state index contributed by atoms with van der Waals surface area (Å²) in [6.45, 7) is 5.07. The molecule has 1 fully saturated rings. The minimum absolute atomic E-state index is 0.0490. The summed E-state index contributed by atoms with van der Waals surface area (Å²) < 4.78 is 49.3. The highest BCUT2D eigenvalue weighted by molar-refractivity contribution is 7.91. The summed E-state index contributed by atoms with van der Waals surface area (Å²) in [5.41, 5.74) is 0.790. The van der Waals surface area contributed by atoms with Gasteiger partial charge in [0.15, 0.2) is 21.4 Å². The molecule has 1 heterocycles. The molecule has 1 aromatic carbocycles. The Balaban J connectivity index is 2.05. The monoisotopic (exact) mass is 358 g/mol. The summed E-state index contributed by atoms with van der Waals surface area (Å²) in [7, 11) is -3.09. The fourth-order valence-corrected chi connectivity index (χ4v) is 4.66. The number of ether oxygens (including phenoxy) is 2. The van der Waals surface area contributed by atoms with Crippen LogP contribution in [0.15, 0.2) is 18.2 Å². The van der Waals surface area contributed by atoms with Crippen LogP contribution in [0.2, 0.25) is 0 Å². The van der Waals surface area contributed by atoms with E-state index in [9.17, 15) is 12.8 Å². The molecule has 0 N–H and O–H groups in total. The van der Waals surface area contributed by atoms with E-state index in [-0.39, 0.29) is 29.3 Å². The Morgan fingerprint density at radius 1 is 1.33 bits per heavy atom. The van der Waals surface area contributed by atoms with Crippen molar-refractivity contribution in [3.8, 4) is 5.75 Å². The minimum atomic E-state index is -3.09. The molecule has 0 aliphatic carbocycles. The van der Waals surface area contributed by atoms with Crippen LogP contribution in [0.4, 0.5) is 4.39 Å². The zero-order chi connectivity index (χ0) is 17.6. The molecule has 2 rings (SSSR count). The fraction of sp³-hybridized carbons (Fsp3) is 0.667. The summed E-state index contributed by atoms with van der Waals surface area (Å²) in [5.74, 6) is -0.108. The second kappa shape index (κ2) is 8.81. The molecule has 1 aliphatic rings. The molecule has 1 aliphatic heterocycles. The van der Waals surface area contributed by atoms with E-state index in [2.05, 4.69) is 0 Å². The molecule has 0 bridgehead atoms. The first kappa shape index (κ1) is 19.2. The lowest BCUT2D eigenvalue weighted by Gasteiger charge is -2.24. The SMILES string of the molecule is CCCCS(=O)(=O)C[C@H](C)c1ccc(F)c(OC2CCOCC2)c1. The molecular weight excluding hydrogens is 331 g/mol. The van der Waals surface area contributed by atoms with Crippen LogP contribution in [0.3, 0.4) is 0 Å². The molecule has 1 saturated heterocycles. The molecule has 6 heteroatoms. The second-order valence-corrected chi connectivity index (χ2v) is 8.72. The van der Waals surface area contributed by atoms with Gasteiger partial charge in [0.05, 0.1) is 24.7 Å². The summed E-state index contributed by atoms with van der Waals surface area (Å²) in [5, 5.41) is 0. The molecule has 0 unspecified atom stereocenters. The van der Waals surface area contributed by atoms with Gasteiger partial charge in [-0.15, -0.1) is 0 Å². The normalized spacial score (nSPS) is 17.6. The van der Waals surface area contributed by atoms with Crippen molar-refractivity contribution in [2.24, 2.45) is 0 Å². The third-order valence-corrected chi connectivity index (χ3v) is 6.22. The number of sulfone groups is 1. The Kier molecular flexibility index (Phi) is 7.04. The summed E-state index contributed by atoms with van der Waals surface area (Å²) in [6.07, 6.45) is 2.96. The van der Waals surface area contributed by atoms with Crippen LogP contribution < -0.4 is 4.74 Å². The average Bonchev–Trinajstić information content (AvgIpc) is 2.55. The summed E-state index contributed by atoms with van der Waals surface area (Å²) in [6, 6.07) is 4.65. The molecule has 0 radical (unpaired) electrons. The van der Waals surface area contributed by atoms with Gasteiger partial charge in [0.25, 0.3) is 0 Å². The van der Waals surface area contributed by atoms with Crippen molar-refractivity contribution in [1.29, 1.82) is 0 Å². The summed E-state index contributed by atoms with van der Waals surface area (Å²) >= 11 is 0. The maximum atomic E-state index is 14.0. The lowest BCUT2D eigenvalue weighted by Crippen LogP contribution is -2.26. The molecule has 1 atom stereocenters. The van der Waals surface area contributed by atoms with E-state index < -0.39 is 15.7 Å². The third-order valence-electron chi connectivity index (χ3n) is 4.30. The third kappa shape index (κ3) is 5.74. The first-order chi connectivity index (χ1) is 11.4. The van der Waals surface area contributed by atoms with Gasteiger partial charge in [0.2, 0.25) is 0 Å². The van der Waals surface area contributed by atoms with Gasteiger partial charge in [-0.05, 0) is 30.0 Å². The van der Waals surface area contributed by atoms with E-state index in [0.717, 1.165) is 24.8 Å². The predicted molar refractivity (Wildman–Crippen MR) is 92.8 cm³/mol. The maximum absolute atomic E-state index is 14.0. The van der Waals surface area contributed by atoms with Crippen molar-refractivity contribution >= 4 is 9.84 Å². The Labute approximate surface area is 144 Å². The van der Waals surface area contributed by atoms with E-state index >= 15 is 0 Å². The molecule has 0 saturated carbocycles. The quantitative estimate of drug-likeness (QED) is 0.711. The van der Waals surface area contributed by atoms with Crippen LogP contribution in [0.25, 0.3) is 0 Å². The highest BCUT2D eigenvalue weighted by Crippen LogP contribution is 2.27.